The lowest BCUT2D eigenvalue weighted by Crippen LogP contribution is -2.59. The molecule has 1 unspecified atom stereocenters. The molecular weight excluding hydrogens is 254 g/mol. The molecule has 0 saturated carbocycles. The molecule has 116 valence electrons. The number of piperazine rings is 2. The van der Waals surface area contributed by atoms with Gasteiger partial charge < -0.3 is 15.5 Å². The van der Waals surface area contributed by atoms with E-state index in [0.717, 1.165) is 58.9 Å². The molecule has 0 aromatic carbocycles. The summed E-state index contributed by atoms with van der Waals surface area (Å²) in [5.74, 6) is 0.165. The van der Waals surface area contributed by atoms with Gasteiger partial charge in [0.2, 0.25) is 5.91 Å². The van der Waals surface area contributed by atoms with Gasteiger partial charge in [-0.2, -0.15) is 0 Å². The molecule has 2 N–H and O–H groups in total. The summed E-state index contributed by atoms with van der Waals surface area (Å²) < 4.78 is 0. The Balaban J connectivity index is 1.78. The number of amides is 1. The smallest absolute Gasteiger partial charge is 0.238 e. The van der Waals surface area contributed by atoms with Gasteiger partial charge in [-0.25, -0.2) is 0 Å². The van der Waals surface area contributed by atoms with Gasteiger partial charge in [0, 0.05) is 65.4 Å². The molecule has 0 aromatic rings. The third-order valence-electron chi connectivity index (χ3n) is 4.31. The Morgan fingerprint density at radius 3 is 2.65 bits per heavy atom. The van der Waals surface area contributed by atoms with Gasteiger partial charge in [-0.05, 0) is 14.0 Å². The summed E-state index contributed by atoms with van der Waals surface area (Å²) in [6, 6.07) is -0.00355. The first-order valence-corrected chi connectivity index (χ1v) is 7.84. The van der Waals surface area contributed by atoms with Crippen molar-refractivity contribution >= 4 is 5.91 Å². The van der Waals surface area contributed by atoms with E-state index in [0.29, 0.717) is 6.54 Å². The van der Waals surface area contributed by atoms with E-state index in [1.165, 1.54) is 0 Å². The molecule has 2 heterocycles. The molecule has 0 bridgehead atoms. The van der Waals surface area contributed by atoms with E-state index in [9.17, 15) is 4.79 Å². The molecule has 6 nitrogen and oxygen atoms in total. The van der Waals surface area contributed by atoms with E-state index in [1.807, 2.05) is 6.92 Å². The molecule has 0 aliphatic carbocycles. The maximum atomic E-state index is 12.1. The van der Waals surface area contributed by atoms with Crippen LogP contribution in [0.15, 0.2) is 0 Å². The Kier molecular flexibility index (Phi) is 6.22. The van der Waals surface area contributed by atoms with E-state index in [-0.39, 0.29) is 11.9 Å². The highest BCUT2D eigenvalue weighted by molar-refractivity contribution is 5.82. The fourth-order valence-electron chi connectivity index (χ4n) is 2.91. The number of hydrogen-bond donors (Lipinski definition) is 2. The summed E-state index contributed by atoms with van der Waals surface area (Å²) in [5.41, 5.74) is 0. The Morgan fingerprint density at radius 2 is 1.95 bits per heavy atom. The van der Waals surface area contributed by atoms with Crippen LogP contribution in [-0.2, 0) is 4.79 Å². The van der Waals surface area contributed by atoms with Crippen LogP contribution < -0.4 is 10.6 Å². The Bertz CT molecular complexity index is 304. The van der Waals surface area contributed by atoms with Gasteiger partial charge in [0.25, 0.3) is 0 Å². The average molecular weight is 283 g/mol. The average Bonchev–Trinajstić information content (AvgIpc) is 2.47. The molecule has 2 saturated heterocycles. The van der Waals surface area contributed by atoms with E-state index >= 15 is 0 Å². The predicted octanol–water partition coefficient (Wildman–Crippen LogP) is -1.36. The van der Waals surface area contributed by atoms with Crippen LogP contribution in [0.4, 0.5) is 0 Å². The number of nitrogens with one attached hydrogen (secondary N) is 2. The SMILES string of the molecule is CCNC(=O)C1CNCCN1CCN1CCN(C)CC1. The van der Waals surface area contributed by atoms with Gasteiger partial charge in [0.05, 0.1) is 0 Å². The van der Waals surface area contributed by atoms with E-state index in [4.69, 9.17) is 0 Å². The lowest BCUT2D eigenvalue weighted by atomic mass is 10.1. The zero-order valence-electron chi connectivity index (χ0n) is 12.9. The second-order valence-electron chi connectivity index (χ2n) is 5.80. The Labute approximate surface area is 122 Å². The Morgan fingerprint density at radius 1 is 1.20 bits per heavy atom. The first kappa shape index (κ1) is 15.7. The molecule has 2 rings (SSSR count). The zero-order chi connectivity index (χ0) is 14.4. The molecule has 6 heteroatoms. The van der Waals surface area contributed by atoms with Gasteiger partial charge in [0.1, 0.15) is 6.04 Å². The van der Waals surface area contributed by atoms with Crippen molar-refractivity contribution < 1.29 is 4.79 Å². The summed E-state index contributed by atoms with van der Waals surface area (Å²) in [6.45, 7) is 12.1. The van der Waals surface area contributed by atoms with E-state index in [2.05, 4.69) is 32.4 Å². The maximum absolute atomic E-state index is 12.1. The van der Waals surface area contributed by atoms with Crippen LogP contribution in [0.3, 0.4) is 0 Å². The summed E-state index contributed by atoms with van der Waals surface area (Å²) >= 11 is 0. The molecule has 2 fully saturated rings. The van der Waals surface area contributed by atoms with E-state index < -0.39 is 0 Å². The minimum absolute atomic E-state index is 0.00355. The molecule has 20 heavy (non-hydrogen) atoms. The van der Waals surface area contributed by atoms with Crippen LogP contribution in [0.1, 0.15) is 6.92 Å². The standard InChI is InChI=1S/C14H29N5O/c1-3-16-14(20)13-12-15-4-5-19(13)11-10-18-8-6-17(2)7-9-18/h13,15H,3-12H2,1-2H3,(H,16,20). The summed E-state index contributed by atoms with van der Waals surface area (Å²) in [7, 11) is 2.18. The van der Waals surface area contributed by atoms with Crippen LogP contribution >= 0.6 is 0 Å². The highest BCUT2D eigenvalue weighted by atomic mass is 16.2. The fourth-order valence-corrected chi connectivity index (χ4v) is 2.91. The van der Waals surface area contributed by atoms with Gasteiger partial charge in [-0.3, -0.25) is 14.6 Å². The Hall–Kier alpha value is -0.690. The van der Waals surface area contributed by atoms with Crippen molar-refractivity contribution in [1.29, 1.82) is 0 Å². The molecule has 0 spiro atoms. The van der Waals surface area contributed by atoms with Gasteiger partial charge >= 0.3 is 0 Å². The molecule has 1 amide bonds. The fraction of sp³-hybridized carbons (Fsp3) is 0.929. The molecule has 0 aromatic heterocycles. The largest absolute Gasteiger partial charge is 0.355 e. The van der Waals surface area contributed by atoms with Crippen molar-refractivity contribution in [1.82, 2.24) is 25.3 Å². The lowest BCUT2D eigenvalue weighted by Gasteiger charge is -2.38. The van der Waals surface area contributed by atoms with Crippen molar-refractivity contribution in [2.75, 3.05) is 72.5 Å². The number of nitrogens with zero attached hydrogens (tertiary/aromatic N) is 3. The van der Waals surface area contributed by atoms with Crippen LogP contribution in [0.25, 0.3) is 0 Å². The monoisotopic (exact) mass is 283 g/mol. The number of hydrogen-bond acceptors (Lipinski definition) is 5. The van der Waals surface area contributed by atoms with Crippen molar-refractivity contribution in [3.05, 3.63) is 0 Å². The molecule has 0 radical (unpaired) electrons. The second-order valence-corrected chi connectivity index (χ2v) is 5.80. The lowest BCUT2D eigenvalue weighted by molar-refractivity contribution is -0.127. The summed E-state index contributed by atoms with van der Waals surface area (Å²) in [6.07, 6.45) is 0. The quantitative estimate of drug-likeness (QED) is 0.653. The number of carbonyl (C=O) groups excluding carboxylic acids is 1. The van der Waals surface area contributed by atoms with Crippen LogP contribution in [0.2, 0.25) is 0 Å². The first-order chi connectivity index (χ1) is 9.70. The predicted molar refractivity (Wildman–Crippen MR) is 80.9 cm³/mol. The third-order valence-corrected chi connectivity index (χ3v) is 4.31. The zero-order valence-corrected chi connectivity index (χ0v) is 12.9. The number of rotatable bonds is 5. The topological polar surface area (TPSA) is 50.9 Å². The van der Waals surface area contributed by atoms with Gasteiger partial charge in [-0.1, -0.05) is 0 Å². The van der Waals surface area contributed by atoms with Crippen molar-refractivity contribution in [2.45, 2.75) is 13.0 Å². The molecule has 1 atom stereocenters. The first-order valence-electron chi connectivity index (χ1n) is 7.84. The maximum Gasteiger partial charge on any atom is 0.238 e. The van der Waals surface area contributed by atoms with Crippen LogP contribution in [0, 0.1) is 0 Å². The minimum Gasteiger partial charge on any atom is -0.355 e. The normalized spacial score (nSPS) is 26.6. The molecular formula is C14H29N5O. The summed E-state index contributed by atoms with van der Waals surface area (Å²) in [5, 5.41) is 6.27. The summed E-state index contributed by atoms with van der Waals surface area (Å²) in [4.78, 5) is 19.3. The molecule has 2 aliphatic heterocycles. The number of carbonyl (C=O) groups is 1. The van der Waals surface area contributed by atoms with Crippen LogP contribution in [-0.4, -0.2) is 99.1 Å². The van der Waals surface area contributed by atoms with E-state index in [1.54, 1.807) is 0 Å². The highest BCUT2D eigenvalue weighted by Gasteiger charge is 2.28. The van der Waals surface area contributed by atoms with Gasteiger partial charge in [-0.15, -0.1) is 0 Å². The molecule has 2 aliphatic rings. The van der Waals surface area contributed by atoms with Crippen molar-refractivity contribution in [2.24, 2.45) is 0 Å². The van der Waals surface area contributed by atoms with Crippen molar-refractivity contribution in [3.8, 4) is 0 Å². The minimum atomic E-state index is -0.00355. The number of likely N-dealkylation sites (N-methyl/N-ethyl adjacent to an activating group) is 2. The second kappa shape index (κ2) is 7.93. The van der Waals surface area contributed by atoms with Crippen molar-refractivity contribution in [3.63, 3.8) is 0 Å². The highest BCUT2D eigenvalue weighted by Crippen LogP contribution is 2.05. The van der Waals surface area contributed by atoms with Gasteiger partial charge in [0.15, 0.2) is 0 Å². The van der Waals surface area contributed by atoms with Crippen LogP contribution in [0.5, 0.6) is 0 Å². The third kappa shape index (κ3) is 4.41.